The number of aromatic nitrogens is 2. The van der Waals surface area contributed by atoms with Gasteiger partial charge in [0.1, 0.15) is 12.3 Å². The first-order chi connectivity index (χ1) is 19.5. The molecule has 0 aliphatic carbocycles. The summed E-state index contributed by atoms with van der Waals surface area (Å²) in [5.74, 6) is -0.226. The zero-order valence-electron chi connectivity index (χ0n) is 21.7. The van der Waals surface area contributed by atoms with E-state index in [4.69, 9.17) is 25.6 Å². The number of benzene rings is 1. The van der Waals surface area contributed by atoms with E-state index < -0.39 is 40.4 Å². The van der Waals surface area contributed by atoms with Gasteiger partial charge in [-0.05, 0) is 31.0 Å². The van der Waals surface area contributed by atoms with Crippen LogP contribution in [0.25, 0.3) is 0 Å². The zero-order valence-corrected chi connectivity index (χ0v) is 24.1. The molecule has 1 saturated heterocycles. The van der Waals surface area contributed by atoms with Crippen molar-refractivity contribution in [2.45, 2.75) is 44.3 Å². The number of piperidine rings is 1. The predicted octanol–water partition coefficient (Wildman–Crippen LogP) is 4.51. The fourth-order valence-corrected chi connectivity index (χ4v) is 6.62. The number of halogens is 3. The third kappa shape index (κ3) is 6.60. The average Bonchev–Trinajstić information content (AvgIpc) is 3.59. The summed E-state index contributed by atoms with van der Waals surface area (Å²) in [7, 11) is -3.79. The average molecular weight is 627 g/mol. The number of amides is 1. The largest absolute Gasteiger partial charge is 0.387 e. The van der Waals surface area contributed by atoms with Gasteiger partial charge in [0, 0.05) is 36.9 Å². The van der Waals surface area contributed by atoms with E-state index in [0.29, 0.717) is 49.3 Å². The topological polar surface area (TPSA) is 120 Å². The van der Waals surface area contributed by atoms with Crippen LogP contribution in [-0.2, 0) is 26.3 Å². The maximum Gasteiger partial charge on any atom is 0.306 e. The first kappa shape index (κ1) is 29.1. The molecule has 41 heavy (non-hydrogen) atoms. The van der Waals surface area contributed by atoms with Gasteiger partial charge in [0.2, 0.25) is 5.91 Å². The van der Waals surface area contributed by atoms with Gasteiger partial charge >= 0.3 is 10.1 Å². The van der Waals surface area contributed by atoms with Crippen molar-refractivity contribution in [1.82, 2.24) is 14.5 Å². The molecule has 1 fully saturated rings. The van der Waals surface area contributed by atoms with E-state index in [1.54, 1.807) is 17.0 Å². The summed E-state index contributed by atoms with van der Waals surface area (Å²) in [6.45, 7) is 0.381. The van der Waals surface area contributed by atoms with Gasteiger partial charge in [-0.3, -0.25) is 14.2 Å². The van der Waals surface area contributed by atoms with Gasteiger partial charge in [0.25, 0.3) is 12.0 Å². The zero-order chi connectivity index (χ0) is 29.3. The van der Waals surface area contributed by atoms with Crippen molar-refractivity contribution < 1.29 is 31.0 Å². The molecule has 1 atom stereocenters. The highest BCUT2D eigenvalue weighted by Gasteiger charge is 2.32. The Morgan fingerprint density at radius 1 is 1.22 bits per heavy atom. The molecule has 1 amide bonds. The fraction of sp³-hybridized carbons (Fsp3) is 0.385. The first-order valence-corrected chi connectivity index (χ1v) is 15.7. The number of pyridine rings is 1. The lowest BCUT2D eigenvalue weighted by atomic mass is 9.97. The number of carbonyl (C=O) groups is 1. The number of hydrogen-bond acceptors (Lipinski definition) is 9. The third-order valence-corrected chi connectivity index (χ3v) is 8.68. The number of hydrogen-bond donors (Lipinski definition) is 0. The molecular formula is C26H25ClF2N4O6S2. The summed E-state index contributed by atoms with van der Waals surface area (Å²) in [5.41, 5.74) is 0.469. The molecule has 0 bridgehead atoms. The molecule has 0 spiro atoms. The smallest absolute Gasteiger partial charge is 0.306 e. The minimum atomic E-state index is -3.79. The van der Waals surface area contributed by atoms with E-state index in [1.807, 2.05) is 5.38 Å². The number of oxime groups is 1. The highest BCUT2D eigenvalue weighted by molar-refractivity contribution is 7.86. The van der Waals surface area contributed by atoms with E-state index in [0.717, 1.165) is 28.0 Å². The third-order valence-electron chi connectivity index (χ3n) is 6.86. The van der Waals surface area contributed by atoms with E-state index in [-0.39, 0.29) is 22.6 Å². The van der Waals surface area contributed by atoms with Crippen molar-refractivity contribution in [1.29, 1.82) is 0 Å². The van der Waals surface area contributed by atoms with Gasteiger partial charge in [0.05, 0.1) is 33.2 Å². The summed E-state index contributed by atoms with van der Waals surface area (Å²) in [5, 5.41) is 7.19. The number of rotatable bonds is 8. The molecule has 1 unspecified atom stereocenters. The molecule has 4 heterocycles. The van der Waals surface area contributed by atoms with E-state index >= 15 is 0 Å². The van der Waals surface area contributed by atoms with Crippen molar-refractivity contribution in [3.05, 3.63) is 79.1 Å². The molecule has 2 aromatic heterocycles. The van der Waals surface area contributed by atoms with Crippen LogP contribution in [0.3, 0.4) is 0 Å². The summed E-state index contributed by atoms with van der Waals surface area (Å²) in [6.07, 6.45) is -1.01. The van der Waals surface area contributed by atoms with Gasteiger partial charge in [0.15, 0.2) is 11.9 Å². The van der Waals surface area contributed by atoms with Crippen LogP contribution in [0.5, 0.6) is 5.75 Å². The number of nitrogens with zero attached hydrogens (tertiary/aromatic N) is 4. The quantitative estimate of drug-likeness (QED) is 0.338. The van der Waals surface area contributed by atoms with Gasteiger partial charge in [-0.15, -0.1) is 11.3 Å². The maximum atomic E-state index is 13.3. The maximum absolute atomic E-state index is 13.3. The Labute approximate surface area is 243 Å². The number of thiazole rings is 1. The Morgan fingerprint density at radius 2 is 1.95 bits per heavy atom. The van der Waals surface area contributed by atoms with Crippen LogP contribution >= 0.6 is 22.9 Å². The Kier molecular flexibility index (Phi) is 8.43. The van der Waals surface area contributed by atoms with Crippen LogP contribution < -0.4 is 9.74 Å². The molecule has 2 aliphatic heterocycles. The first-order valence-electron chi connectivity index (χ1n) is 12.6. The molecule has 3 aromatic rings. The SMILES string of the molecule is CS(=O)(=O)Oc1cccc(Cl)c1C1CC(c2csc(C3CCN(C(=O)Cn4c(C(F)F)cccc4=O)CC3)n2)=NO1. The lowest BCUT2D eigenvalue weighted by Gasteiger charge is -2.31. The Bertz CT molecular complexity index is 1650. The summed E-state index contributed by atoms with van der Waals surface area (Å²) in [6, 6.07) is 8.24. The lowest BCUT2D eigenvalue weighted by molar-refractivity contribution is -0.133. The highest BCUT2D eigenvalue weighted by Crippen LogP contribution is 2.40. The van der Waals surface area contributed by atoms with Crippen molar-refractivity contribution in [3.63, 3.8) is 0 Å². The molecular weight excluding hydrogens is 602 g/mol. The van der Waals surface area contributed by atoms with Crippen LogP contribution in [-0.4, -0.2) is 53.8 Å². The Morgan fingerprint density at radius 3 is 2.66 bits per heavy atom. The van der Waals surface area contributed by atoms with Crippen molar-refractivity contribution in [2.24, 2.45) is 5.16 Å². The van der Waals surface area contributed by atoms with Gasteiger partial charge in [-0.2, -0.15) is 8.42 Å². The molecule has 5 rings (SSSR count). The van der Waals surface area contributed by atoms with Crippen LogP contribution in [0.4, 0.5) is 8.78 Å². The molecule has 218 valence electrons. The minimum Gasteiger partial charge on any atom is -0.387 e. The summed E-state index contributed by atoms with van der Waals surface area (Å²) >= 11 is 7.81. The Balaban J connectivity index is 1.20. The van der Waals surface area contributed by atoms with Gasteiger partial charge in [-0.1, -0.05) is 28.9 Å². The van der Waals surface area contributed by atoms with Crippen molar-refractivity contribution >= 4 is 44.7 Å². The highest BCUT2D eigenvalue weighted by atomic mass is 35.5. The monoisotopic (exact) mass is 626 g/mol. The second-order valence-corrected chi connectivity index (χ2v) is 12.5. The fourth-order valence-electron chi connectivity index (χ4n) is 4.86. The molecule has 0 saturated carbocycles. The normalized spacial score (nSPS) is 17.9. The molecule has 1 aromatic carbocycles. The lowest BCUT2D eigenvalue weighted by Crippen LogP contribution is -2.41. The molecule has 0 N–H and O–H groups in total. The van der Waals surface area contributed by atoms with Crippen LogP contribution in [0.1, 0.15) is 59.7 Å². The number of likely N-dealkylation sites (tertiary alicyclic amines) is 1. The molecule has 2 aliphatic rings. The van der Waals surface area contributed by atoms with Crippen LogP contribution in [0.15, 0.2) is 51.7 Å². The predicted molar refractivity (Wildman–Crippen MR) is 148 cm³/mol. The molecule has 10 nitrogen and oxygen atoms in total. The van der Waals surface area contributed by atoms with E-state index in [1.165, 1.54) is 23.5 Å². The number of carbonyl (C=O) groups excluding carboxylic acids is 1. The van der Waals surface area contributed by atoms with Crippen molar-refractivity contribution in [2.75, 3.05) is 19.3 Å². The number of alkyl halides is 2. The summed E-state index contributed by atoms with van der Waals surface area (Å²) in [4.78, 5) is 36.8. The molecule has 15 heteroatoms. The summed E-state index contributed by atoms with van der Waals surface area (Å²) < 4.78 is 56.0. The van der Waals surface area contributed by atoms with Crippen LogP contribution in [0.2, 0.25) is 5.02 Å². The van der Waals surface area contributed by atoms with Crippen LogP contribution in [0, 0.1) is 0 Å². The van der Waals surface area contributed by atoms with E-state index in [9.17, 15) is 26.8 Å². The van der Waals surface area contributed by atoms with Gasteiger partial charge < -0.3 is 13.9 Å². The second kappa shape index (κ2) is 11.9. The minimum absolute atomic E-state index is 0.0734. The molecule has 0 radical (unpaired) electrons. The second-order valence-electron chi connectivity index (χ2n) is 9.68. The van der Waals surface area contributed by atoms with E-state index in [2.05, 4.69) is 5.16 Å². The standard InChI is InChI=1S/C26H25ClF2N4O6S2/c1-41(36,37)39-20-6-2-4-16(27)24(20)21-12-17(31-38-21)18-14-40-26(30-18)15-8-10-32(11-9-15)23(35)13-33-19(25(28)29)5-3-7-22(33)34/h2-7,14-15,21,25H,8-13H2,1H3. The van der Waals surface area contributed by atoms with Crippen molar-refractivity contribution in [3.8, 4) is 5.75 Å². The van der Waals surface area contributed by atoms with Gasteiger partial charge in [-0.25, -0.2) is 13.8 Å². The Hall–Kier alpha value is -3.36.